The highest BCUT2D eigenvalue weighted by atomic mass is 79.9. The Balaban J connectivity index is 2.02. The largest absolute Gasteiger partial charge is 0.398 e. The second-order valence-corrected chi connectivity index (χ2v) is 6.69. The van der Waals surface area contributed by atoms with Gasteiger partial charge in [-0.1, -0.05) is 5.16 Å². The molecule has 20 heavy (non-hydrogen) atoms. The molecule has 0 amide bonds. The summed E-state index contributed by atoms with van der Waals surface area (Å²) in [7, 11) is -3.60. The van der Waals surface area contributed by atoms with Crippen LogP contribution in [0.4, 0.5) is 5.69 Å². The van der Waals surface area contributed by atoms with Gasteiger partial charge in [-0.05, 0) is 41.1 Å². The molecular formula is C11H13BrN4O3S. The van der Waals surface area contributed by atoms with Crippen LogP contribution in [0.1, 0.15) is 11.7 Å². The second kappa shape index (κ2) is 5.90. The topological polar surface area (TPSA) is 111 Å². The van der Waals surface area contributed by atoms with Crippen molar-refractivity contribution in [2.24, 2.45) is 0 Å². The van der Waals surface area contributed by atoms with Gasteiger partial charge in [0.15, 0.2) is 5.82 Å². The molecule has 3 N–H and O–H groups in total. The summed E-state index contributed by atoms with van der Waals surface area (Å²) >= 11 is 3.21. The number of nitrogens with zero attached hydrogens (tertiary/aromatic N) is 2. The molecule has 0 bridgehead atoms. The smallest absolute Gasteiger partial charge is 0.240 e. The van der Waals surface area contributed by atoms with Gasteiger partial charge >= 0.3 is 0 Å². The fraction of sp³-hybridized carbons (Fsp3) is 0.273. The van der Waals surface area contributed by atoms with Crippen LogP contribution in [0, 0.1) is 6.92 Å². The first kappa shape index (κ1) is 14.9. The first-order chi connectivity index (χ1) is 9.38. The Morgan fingerprint density at radius 3 is 2.80 bits per heavy atom. The number of aromatic nitrogens is 2. The third kappa shape index (κ3) is 3.56. The van der Waals surface area contributed by atoms with Gasteiger partial charge in [0.05, 0.1) is 4.90 Å². The number of sulfonamides is 1. The minimum atomic E-state index is -3.60. The lowest BCUT2D eigenvalue weighted by atomic mass is 10.3. The van der Waals surface area contributed by atoms with Crippen molar-refractivity contribution in [3.8, 4) is 0 Å². The van der Waals surface area contributed by atoms with E-state index in [1.807, 2.05) is 0 Å². The minimum absolute atomic E-state index is 0.111. The van der Waals surface area contributed by atoms with E-state index in [0.717, 1.165) is 0 Å². The van der Waals surface area contributed by atoms with E-state index in [-0.39, 0.29) is 11.4 Å². The van der Waals surface area contributed by atoms with Crippen molar-refractivity contribution in [2.75, 3.05) is 12.3 Å². The number of nitrogens with one attached hydrogen (secondary N) is 1. The summed E-state index contributed by atoms with van der Waals surface area (Å²) in [5.74, 6) is 0.907. The Kier molecular flexibility index (Phi) is 4.41. The van der Waals surface area contributed by atoms with E-state index < -0.39 is 10.0 Å². The summed E-state index contributed by atoms with van der Waals surface area (Å²) in [5.41, 5.74) is 6.03. The SMILES string of the molecule is Cc1noc(CCNS(=O)(=O)c2ccc(Br)c(N)c2)n1. The van der Waals surface area contributed by atoms with E-state index in [4.69, 9.17) is 10.3 Å². The summed E-state index contributed by atoms with van der Waals surface area (Å²) < 4.78 is 32.1. The van der Waals surface area contributed by atoms with Gasteiger partial charge in [0.2, 0.25) is 15.9 Å². The van der Waals surface area contributed by atoms with E-state index in [1.165, 1.54) is 12.1 Å². The maximum Gasteiger partial charge on any atom is 0.240 e. The molecule has 0 unspecified atom stereocenters. The quantitative estimate of drug-likeness (QED) is 0.776. The first-order valence-corrected chi connectivity index (χ1v) is 8.00. The van der Waals surface area contributed by atoms with Gasteiger partial charge < -0.3 is 10.3 Å². The number of aryl methyl sites for hydroxylation is 1. The van der Waals surface area contributed by atoms with Crippen LogP contribution in [0.2, 0.25) is 0 Å². The van der Waals surface area contributed by atoms with Crippen molar-refractivity contribution < 1.29 is 12.9 Å². The second-order valence-electron chi connectivity index (χ2n) is 4.07. The molecule has 2 aromatic rings. The van der Waals surface area contributed by atoms with Crippen molar-refractivity contribution in [2.45, 2.75) is 18.2 Å². The van der Waals surface area contributed by atoms with Crippen molar-refractivity contribution in [1.29, 1.82) is 0 Å². The number of nitrogen functional groups attached to an aromatic ring is 1. The highest BCUT2D eigenvalue weighted by molar-refractivity contribution is 9.10. The molecule has 0 fully saturated rings. The van der Waals surface area contributed by atoms with Crippen molar-refractivity contribution in [3.63, 3.8) is 0 Å². The van der Waals surface area contributed by atoms with Crippen LogP contribution in [-0.2, 0) is 16.4 Å². The lowest BCUT2D eigenvalue weighted by molar-refractivity contribution is 0.375. The maximum absolute atomic E-state index is 12.0. The molecule has 108 valence electrons. The summed E-state index contributed by atoms with van der Waals surface area (Å²) in [4.78, 5) is 4.10. The van der Waals surface area contributed by atoms with E-state index in [1.54, 1.807) is 13.0 Å². The lowest BCUT2D eigenvalue weighted by Gasteiger charge is -2.07. The molecule has 7 nitrogen and oxygen atoms in total. The number of rotatable bonds is 5. The monoisotopic (exact) mass is 360 g/mol. The Bertz CT molecular complexity index is 714. The number of halogens is 1. The molecule has 2 rings (SSSR count). The molecule has 1 aromatic heterocycles. The predicted molar refractivity (Wildman–Crippen MR) is 76.5 cm³/mol. The fourth-order valence-corrected chi connectivity index (χ4v) is 2.82. The zero-order chi connectivity index (χ0) is 14.8. The summed E-state index contributed by atoms with van der Waals surface area (Å²) in [6, 6.07) is 4.45. The molecular weight excluding hydrogens is 348 g/mol. The molecule has 0 spiro atoms. The van der Waals surface area contributed by atoms with E-state index in [0.29, 0.717) is 28.3 Å². The summed E-state index contributed by atoms with van der Waals surface area (Å²) in [6.07, 6.45) is 0.325. The van der Waals surface area contributed by atoms with Gasteiger partial charge in [0.1, 0.15) is 0 Å². The van der Waals surface area contributed by atoms with Crippen LogP contribution in [0.15, 0.2) is 32.1 Å². The Hall–Kier alpha value is -1.45. The van der Waals surface area contributed by atoms with Gasteiger partial charge in [0, 0.05) is 23.1 Å². The Morgan fingerprint density at radius 1 is 1.45 bits per heavy atom. The van der Waals surface area contributed by atoms with Crippen LogP contribution >= 0.6 is 15.9 Å². The normalized spacial score (nSPS) is 11.7. The molecule has 0 atom stereocenters. The fourth-order valence-electron chi connectivity index (χ4n) is 1.51. The van der Waals surface area contributed by atoms with E-state index in [2.05, 4.69) is 30.8 Å². The highest BCUT2D eigenvalue weighted by Gasteiger charge is 2.15. The molecule has 0 radical (unpaired) electrons. The average Bonchev–Trinajstić information content (AvgIpc) is 2.78. The number of hydrogen-bond donors (Lipinski definition) is 2. The maximum atomic E-state index is 12.0. The molecule has 0 aliphatic rings. The van der Waals surface area contributed by atoms with Gasteiger partial charge in [0.25, 0.3) is 0 Å². The molecule has 1 heterocycles. The van der Waals surface area contributed by atoms with E-state index >= 15 is 0 Å². The molecule has 0 saturated heterocycles. The zero-order valence-electron chi connectivity index (χ0n) is 10.6. The van der Waals surface area contributed by atoms with Crippen LogP contribution in [-0.4, -0.2) is 25.1 Å². The molecule has 0 saturated carbocycles. The number of benzene rings is 1. The summed E-state index contributed by atoms with van der Waals surface area (Å²) in [5, 5.41) is 3.63. The van der Waals surface area contributed by atoms with Gasteiger partial charge in [-0.25, -0.2) is 13.1 Å². The zero-order valence-corrected chi connectivity index (χ0v) is 13.0. The van der Waals surface area contributed by atoms with Crippen molar-refractivity contribution in [1.82, 2.24) is 14.9 Å². The van der Waals surface area contributed by atoms with Crippen LogP contribution in [0.5, 0.6) is 0 Å². The van der Waals surface area contributed by atoms with Gasteiger partial charge in [-0.15, -0.1) is 0 Å². The van der Waals surface area contributed by atoms with Crippen LogP contribution in [0.3, 0.4) is 0 Å². The average molecular weight is 361 g/mol. The number of anilines is 1. The van der Waals surface area contributed by atoms with Crippen molar-refractivity contribution >= 4 is 31.6 Å². The van der Waals surface area contributed by atoms with Gasteiger partial charge in [-0.3, -0.25) is 0 Å². The molecule has 1 aromatic carbocycles. The highest BCUT2D eigenvalue weighted by Crippen LogP contribution is 2.22. The van der Waals surface area contributed by atoms with Crippen molar-refractivity contribution in [3.05, 3.63) is 34.4 Å². The lowest BCUT2D eigenvalue weighted by Crippen LogP contribution is -2.26. The molecule has 0 aliphatic carbocycles. The summed E-state index contributed by atoms with van der Waals surface area (Å²) in [6.45, 7) is 1.86. The Labute approximate surface area is 124 Å². The molecule has 9 heteroatoms. The Morgan fingerprint density at radius 2 is 2.20 bits per heavy atom. The minimum Gasteiger partial charge on any atom is -0.398 e. The number of nitrogens with two attached hydrogens (primary N) is 1. The number of hydrogen-bond acceptors (Lipinski definition) is 6. The first-order valence-electron chi connectivity index (χ1n) is 5.72. The van der Waals surface area contributed by atoms with Crippen LogP contribution < -0.4 is 10.5 Å². The third-order valence-corrected chi connectivity index (χ3v) is 4.66. The van der Waals surface area contributed by atoms with Crippen LogP contribution in [0.25, 0.3) is 0 Å². The molecule has 0 aliphatic heterocycles. The third-order valence-electron chi connectivity index (χ3n) is 2.48. The standard InChI is InChI=1S/C11H13BrN4O3S/c1-7-15-11(19-16-7)4-5-14-20(17,18)8-2-3-9(12)10(13)6-8/h2-3,6,14H,4-5,13H2,1H3. The van der Waals surface area contributed by atoms with E-state index in [9.17, 15) is 8.42 Å². The predicted octanol–water partition coefficient (Wildman–Crippen LogP) is 1.24. The van der Waals surface area contributed by atoms with Gasteiger partial charge in [-0.2, -0.15) is 4.98 Å².